The van der Waals surface area contributed by atoms with E-state index in [0.717, 1.165) is 12.8 Å². The Hall–Kier alpha value is -3.20. The molecule has 1 fully saturated rings. The number of carbonyl (C=O) groups excluding carboxylic acids is 4. The number of nitrogens with one attached hydrogen (secondary N) is 1. The molecule has 3 rings (SSSR count). The lowest BCUT2D eigenvalue weighted by Gasteiger charge is -2.33. The molecule has 2 aromatic rings. The van der Waals surface area contributed by atoms with Crippen molar-refractivity contribution in [2.75, 3.05) is 18.5 Å². The largest absolute Gasteiger partial charge is 0.452 e. The summed E-state index contributed by atoms with van der Waals surface area (Å²) in [7, 11) is 0. The quantitative estimate of drug-likeness (QED) is 0.700. The molecule has 152 valence electrons. The minimum atomic E-state index is -0.665. The third-order valence-corrected chi connectivity index (χ3v) is 5.47. The van der Waals surface area contributed by atoms with Gasteiger partial charge in [-0.15, -0.1) is 11.3 Å². The number of carbonyl (C=O) groups is 4. The number of esters is 1. The second-order valence-electron chi connectivity index (χ2n) is 6.59. The summed E-state index contributed by atoms with van der Waals surface area (Å²) >= 11 is 1.33. The highest BCUT2D eigenvalue weighted by atomic mass is 32.1. The van der Waals surface area contributed by atoms with Crippen LogP contribution in [0.15, 0.2) is 41.8 Å². The molecule has 2 heterocycles. The van der Waals surface area contributed by atoms with E-state index in [0.29, 0.717) is 23.5 Å². The lowest BCUT2D eigenvalue weighted by atomic mass is 10.0. The first-order chi connectivity index (χ1) is 14.0. The minimum Gasteiger partial charge on any atom is -0.452 e. The molecule has 1 atom stereocenters. The monoisotopic (exact) mass is 415 g/mol. The Morgan fingerprint density at radius 2 is 1.90 bits per heavy atom. The van der Waals surface area contributed by atoms with Gasteiger partial charge in [-0.05, 0) is 55.0 Å². The molecule has 1 aromatic carbocycles. The van der Waals surface area contributed by atoms with Crippen molar-refractivity contribution in [2.24, 2.45) is 5.73 Å². The molecule has 0 unspecified atom stereocenters. The normalized spacial score (nSPS) is 16.1. The Bertz CT molecular complexity index is 895. The van der Waals surface area contributed by atoms with Gasteiger partial charge in [0.05, 0.1) is 10.4 Å². The number of piperidine rings is 1. The van der Waals surface area contributed by atoms with E-state index in [-0.39, 0.29) is 11.5 Å². The van der Waals surface area contributed by atoms with Crippen LogP contribution in [-0.4, -0.2) is 47.8 Å². The summed E-state index contributed by atoms with van der Waals surface area (Å²) in [6.07, 6.45) is 2.13. The Balaban J connectivity index is 1.53. The molecule has 0 spiro atoms. The predicted octanol–water partition coefficient (Wildman–Crippen LogP) is 2.02. The van der Waals surface area contributed by atoms with Gasteiger partial charge in [-0.3, -0.25) is 14.4 Å². The fourth-order valence-electron chi connectivity index (χ4n) is 3.11. The van der Waals surface area contributed by atoms with E-state index >= 15 is 0 Å². The molecule has 9 heteroatoms. The lowest BCUT2D eigenvalue weighted by Crippen LogP contribution is -2.51. The van der Waals surface area contributed by atoms with E-state index in [1.165, 1.54) is 28.4 Å². The second-order valence-corrected chi connectivity index (χ2v) is 7.53. The Kier molecular flexibility index (Phi) is 6.61. The summed E-state index contributed by atoms with van der Waals surface area (Å²) in [6, 6.07) is 9.02. The van der Waals surface area contributed by atoms with Crippen LogP contribution in [0.25, 0.3) is 0 Å². The highest BCUT2D eigenvalue weighted by Crippen LogP contribution is 2.18. The highest BCUT2D eigenvalue weighted by molar-refractivity contribution is 7.12. The molecule has 3 N–H and O–H groups in total. The SMILES string of the molecule is NC(=O)[C@H]1CCCCN1C(=O)COC(=O)c1ccc(NC(=O)c2cccs2)cc1. The van der Waals surface area contributed by atoms with Crippen LogP contribution in [0.5, 0.6) is 0 Å². The zero-order chi connectivity index (χ0) is 20.8. The number of nitrogens with zero attached hydrogens (tertiary/aromatic N) is 1. The summed E-state index contributed by atoms with van der Waals surface area (Å²) < 4.78 is 5.08. The molecule has 3 amide bonds. The molecule has 1 saturated heterocycles. The topological polar surface area (TPSA) is 119 Å². The van der Waals surface area contributed by atoms with Crippen molar-refractivity contribution in [3.63, 3.8) is 0 Å². The number of hydrogen-bond donors (Lipinski definition) is 2. The third kappa shape index (κ3) is 5.20. The van der Waals surface area contributed by atoms with Crippen molar-refractivity contribution >= 4 is 40.7 Å². The van der Waals surface area contributed by atoms with E-state index in [1.54, 1.807) is 24.3 Å². The molecule has 0 radical (unpaired) electrons. The first-order valence-electron chi connectivity index (χ1n) is 9.16. The number of thiophene rings is 1. The van der Waals surface area contributed by atoms with Crippen molar-refractivity contribution < 1.29 is 23.9 Å². The smallest absolute Gasteiger partial charge is 0.338 e. The molecule has 1 aliphatic rings. The number of anilines is 1. The van der Waals surface area contributed by atoms with Crippen molar-refractivity contribution in [3.8, 4) is 0 Å². The Morgan fingerprint density at radius 3 is 2.55 bits per heavy atom. The highest BCUT2D eigenvalue weighted by Gasteiger charge is 2.31. The molecule has 1 aromatic heterocycles. The van der Waals surface area contributed by atoms with Crippen LogP contribution >= 0.6 is 11.3 Å². The molecular weight excluding hydrogens is 394 g/mol. The van der Waals surface area contributed by atoms with Crippen LogP contribution in [-0.2, 0) is 14.3 Å². The number of nitrogens with two attached hydrogens (primary N) is 1. The van der Waals surface area contributed by atoms with Gasteiger partial charge >= 0.3 is 5.97 Å². The summed E-state index contributed by atoms with van der Waals surface area (Å²) in [4.78, 5) is 50.0. The van der Waals surface area contributed by atoms with Crippen LogP contribution in [0.2, 0.25) is 0 Å². The molecule has 1 aliphatic heterocycles. The first kappa shape index (κ1) is 20.5. The number of benzene rings is 1. The maximum atomic E-state index is 12.3. The maximum absolute atomic E-state index is 12.3. The number of rotatable bonds is 6. The van der Waals surface area contributed by atoms with E-state index in [4.69, 9.17) is 10.5 Å². The number of ether oxygens (including phenoxy) is 1. The van der Waals surface area contributed by atoms with Crippen molar-refractivity contribution in [1.82, 2.24) is 4.90 Å². The molecule has 0 saturated carbocycles. The van der Waals surface area contributed by atoms with Crippen LogP contribution in [0.3, 0.4) is 0 Å². The Morgan fingerprint density at radius 1 is 1.14 bits per heavy atom. The summed E-state index contributed by atoms with van der Waals surface area (Å²) in [5.74, 6) is -1.89. The van der Waals surface area contributed by atoms with Gasteiger partial charge in [0.15, 0.2) is 6.61 Å². The van der Waals surface area contributed by atoms with Gasteiger partial charge in [0.1, 0.15) is 6.04 Å². The van der Waals surface area contributed by atoms with Crippen molar-refractivity contribution in [1.29, 1.82) is 0 Å². The fourth-order valence-corrected chi connectivity index (χ4v) is 3.73. The summed E-state index contributed by atoms with van der Waals surface area (Å²) in [5, 5.41) is 4.54. The van der Waals surface area contributed by atoms with Crippen LogP contribution in [0.1, 0.15) is 39.3 Å². The number of primary amides is 1. The zero-order valence-corrected chi connectivity index (χ0v) is 16.4. The van der Waals surface area contributed by atoms with Crippen molar-refractivity contribution in [2.45, 2.75) is 25.3 Å². The van der Waals surface area contributed by atoms with Gasteiger partial charge < -0.3 is 20.7 Å². The van der Waals surface area contributed by atoms with E-state index in [2.05, 4.69) is 5.32 Å². The molecular formula is C20H21N3O5S. The predicted molar refractivity (Wildman–Crippen MR) is 108 cm³/mol. The van der Waals surface area contributed by atoms with Gasteiger partial charge in [0.25, 0.3) is 11.8 Å². The standard InChI is InChI=1S/C20H21N3O5S/c21-18(25)15-4-1-2-10-23(15)17(24)12-28-20(27)13-6-8-14(9-7-13)22-19(26)16-5-3-11-29-16/h3,5-9,11,15H,1-2,4,10,12H2,(H2,21,25)(H,22,26)/t15-/m1/s1. The van der Waals surface area contributed by atoms with Gasteiger partial charge in [-0.2, -0.15) is 0 Å². The molecule has 0 bridgehead atoms. The maximum Gasteiger partial charge on any atom is 0.338 e. The van der Waals surface area contributed by atoms with Crippen molar-refractivity contribution in [3.05, 3.63) is 52.2 Å². The minimum absolute atomic E-state index is 0.230. The lowest BCUT2D eigenvalue weighted by molar-refractivity contribution is -0.143. The van der Waals surface area contributed by atoms with Crippen LogP contribution < -0.4 is 11.1 Å². The zero-order valence-electron chi connectivity index (χ0n) is 15.6. The van der Waals surface area contributed by atoms with Gasteiger partial charge in [0, 0.05) is 12.2 Å². The molecule has 29 heavy (non-hydrogen) atoms. The second kappa shape index (κ2) is 9.33. The number of likely N-dealkylation sites (tertiary alicyclic amines) is 1. The first-order valence-corrected chi connectivity index (χ1v) is 10.0. The van der Waals surface area contributed by atoms with Crippen LogP contribution in [0.4, 0.5) is 5.69 Å². The van der Waals surface area contributed by atoms with Gasteiger partial charge in [-0.25, -0.2) is 4.79 Å². The van der Waals surface area contributed by atoms with Gasteiger partial charge in [0.2, 0.25) is 5.91 Å². The average Bonchev–Trinajstić information content (AvgIpc) is 3.27. The number of hydrogen-bond acceptors (Lipinski definition) is 6. The third-order valence-electron chi connectivity index (χ3n) is 4.60. The fraction of sp³-hybridized carbons (Fsp3) is 0.300. The van der Waals surface area contributed by atoms with Gasteiger partial charge in [-0.1, -0.05) is 6.07 Å². The summed E-state index contributed by atoms with van der Waals surface area (Å²) in [6.45, 7) is -0.0396. The number of amides is 3. The Labute approximate surface area is 171 Å². The molecule has 8 nitrogen and oxygen atoms in total. The summed E-state index contributed by atoms with van der Waals surface area (Å²) in [5.41, 5.74) is 6.14. The van der Waals surface area contributed by atoms with Crippen LogP contribution in [0, 0.1) is 0 Å². The average molecular weight is 415 g/mol. The molecule has 0 aliphatic carbocycles. The van der Waals surface area contributed by atoms with E-state index in [9.17, 15) is 19.2 Å². The van der Waals surface area contributed by atoms with E-state index in [1.807, 2.05) is 5.38 Å². The van der Waals surface area contributed by atoms with E-state index < -0.39 is 30.4 Å².